The van der Waals surface area contributed by atoms with E-state index >= 15 is 0 Å². The zero-order chi connectivity index (χ0) is 32.8. The molecule has 0 bridgehead atoms. The van der Waals surface area contributed by atoms with Gasteiger partial charge in [-0.25, -0.2) is 14.7 Å². The molecule has 0 amide bonds. The highest BCUT2D eigenvalue weighted by Crippen LogP contribution is 2.40. The Hall–Kier alpha value is -4.91. The van der Waals surface area contributed by atoms with Crippen molar-refractivity contribution in [3.63, 3.8) is 0 Å². The second kappa shape index (κ2) is 14.7. The molecule has 3 heterocycles. The van der Waals surface area contributed by atoms with Crippen molar-refractivity contribution in [2.75, 3.05) is 30.0 Å². The molecule has 1 aliphatic heterocycles. The molecule has 2 aromatic heterocycles. The molecule has 0 radical (unpaired) electrons. The van der Waals surface area contributed by atoms with Gasteiger partial charge in [-0.05, 0) is 86.2 Å². The molecule has 0 saturated heterocycles. The second-order valence-corrected chi connectivity index (χ2v) is 11.6. The van der Waals surface area contributed by atoms with Crippen molar-refractivity contribution in [1.82, 2.24) is 25.2 Å². The van der Waals surface area contributed by atoms with Gasteiger partial charge in [0, 0.05) is 31.0 Å². The highest BCUT2D eigenvalue weighted by atomic mass is 16.7. The molecule has 1 saturated carbocycles. The molecule has 4 aromatic rings. The number of carbonyl (C=O) groups is 2. The lowest BCUT2D eigenvalue weighted by molar-refractivity contribution is -0.00181. The summed E-state index contributed by atoms with van der Waals surface area (Å²) >= 11 is 0. The number of rotatable bonds is 12. The van der Waals surface area contributed by atoms with Gasteiger partial charge in [0.1, 0.15) is 19.3 Å². The summed E-state index contributed by atoms with van der Waals surface area (Å²) in [5.74, 6) is 0.0968. The summed E-state index contributed by atoms with van der Waals surface area (Å²) in [7, 11) is 0. The molecule has 47 heavy (non-hydrogen) atoms. The molecule has 1 unspecified atom stereocenters. The molecule has 2 aliphatic rings. The lowest BCUT2D eigenvalue weighted by Gasteiger charge is -2.27. The Morgan fingerprint density at radius 3 is 2.51 bits per heavy atom. The number of tetrazole rings is 1. The molecular formula is C34H41N7O6. The Morgan fingerprint density at radius 2 is 1.79 bits per heavy atom. The molecule has 0 spiro atoms. The zero-order valence-electron chi connectivity index (χ0n) is 27.0. The van der Waals surface area contributed by atoms with E-state index in [-0.39, 0.29) is 19.3 Å². The number of aryl methyl sites for hydroxylation is 1. The van der Waals surface area contributed by atoms with Crippen LogP contribution in [0.5, 0.6) is 0 Å². The van der Waals surface area contributed by atoms with E-state index in [1.165, 1.54) is 0 Å². The van der Waals surface area contributed by atoms with Crippen molar-refractivity contribution in [1.29, 1.82) is 0 Å². The molecule has 13 nitrogen and oxygen atoms in total. The number of esters is 1. The molecule has 2 N–H and O–H groups in total. The third kappa shape index (κ3) is 7.09. The fourth-order valence-electron chi connectivity index (χ4n) is 6.42. The summed E-state index contributed by atoms with van der Waals surface area (Å²) in [4.78, 5) is 27.4. The van der Waals surface area contributed by atoms with Crippen LogP contribution in [0.4, 0.5) is 16.2 Å². The number of hydrogen-bond donors (Lipinski definition) is 2. The molecule has 2 aromatic carbocycles. The number of hydrogen-bond acceptors (Lipinski definition) is 11. The largest absolute Gasteiger partial charge is 0.508 e. The first-order valence-electron chi connectivity index (χ1n) is 16.3. The van der Waals surface area contributed by atoms with Gasteiger partial charge in [0.05, 0.1) is 22.6 Å². The third-order valence-corrected chi connectivity index (χ3v) is 8.58. The van der Waals surface area contributed by atoms with Crippen molar-refractivity contribution in [2.45, 2.75) is 78.4 Å². The van der Waals surface area contributed by atoms with Gasteiger partial charge in [0.2, 0.25) is 6.35 Å². The van der Waals surface area contributed by atoms with Gasteiger partial charge < -0.3 is 33.7 Å². The zero-order valence-corrected chi connectivity index (χ0v) is 27.0. The normalized spacial score (nSPS) is 16.1. The van der Waals surface area contributed by atoms with E-state index < -0.39 is 18.5 Å². The summed E-state index contributed by atoms with van der Waals surface area (Å²) in [6, 6.07) is 15.8. The molecule has 6 rings (SSSR count). The number of nitrogens with one attached hydrogen (secondary N) is 2. The topological polar surface area (TPSA) is 146 Å². The Morgan fingerprint density at radius 1 is 1.00 bits per heavy atom. The maximum absolute atomic E-state index is 13.3. The first-order chi connectivity index (χ1) is 23.0. The smallest absolute Gasteiger partial charge is 0.458 e. The van der Waals surface area contributed by atoms with Crippen LogP contribution in [-0.2, 0) is 32.0 Å². The molecule has 1 fully saturated rings. The highest BCUT2D eigenvalue weighted by molar-refractivity contribution is 6.00. The van der Waals surface area contributed by atoms with Crippen molar-refractivity contribution < 1.29 is 28.5 Å². The summed E-state index contributed by atoms with van der Waals surface area (Å²) in [5.41, 5.74) is 6.98. The van der Waals surface area contributed by atoms with Crippen LogP contribution >= 0.6 is 0 Å². The van der Waals surface area contributed by atoms with E-state index in [1.54, 1.807) is 12.1 Å². The van der Waals surface area contributed by atoms with E-state index in [9.17, 15) is 9.59 Å². The Labute approximate surface area is 273 Å². The molecule has 13 heteroatoms. The van der Waals surface area contributed by atoms with Crippen molar-refractivity contribution in [2.24, 2.45) is 0 Å². The summed E-state index contributed by atoms with van der Waals surface area (Å²) < 4.78 is 24.4. The van der Waals surface area contributed by atoms with Gasteiger partial charge in [-0.15, -0.1) is 5.10 Å². The van der Waals surface area contributed by atoms with Gasteiger partial charge in [0.25, 0.3) is 0 Å². The van der Waals surface area contributed by atoms with Gasteiger partial charge in [-0.3, -0.25) is 0 Å². The number of fused-ring (bicyclic) bond motifs is 1. The quantitative estimate of drug-likeness (QED) is 0.137. The lowest BCUT2D eigenvalue weighted by Crippen LogP contribution is -2.38. The molecule has 1 atom stereocenters. The van der Waals surface area contributed by atoms with Crippen LogP contribution in [0.15, 0.2) is 48.5 Å². The third-order valence-electron chi connectivity index (χ3n) is 8.58. The summed E-state index contributed by atoms with van der Waals surface area (Å²) in [6.07, 6.45) is 3.68. The van der Waals surface area contributed by atoms with E-state index in [0.29, 0.717) is 30.2 Å². The first-order valence-corrected chi connectivity index (χ1v) is 16.3. The van der Waals surface area contributed by atoms with Crippen molar-refractivity contribution in [3.05, 3.63) is 65.4 Å². The number of anilines is 2. The van der Waals surface area contributed by atoms with Crippen LogP contribution in [-0.4, -0.2) is 69.6 Å². The number of ether oxygens (including phenoxy) is 4. The summed E-state index contributed by atoms with van der Waals surface area (Å²) in [5, 5.41) is 17.9. The Bertz CT molecular complexity index is 1660. The van der Waals surface area contributed by atoms with E-state index in [0.717, 1.165) is 72.4 Å². The standard InChI is InChI=1S/C34H41N7O6/c1-4-40-22(3)20-27(31-36-38-39-37-31)29(40)24-16-14-23(15-17-24)21-41-30-26(12-9-13-28(30)35-33(41)44-5-2)32(42)45-18-19-46-34(43)47-25-10-7-6-8-11-25/h9,12-17,20,25,33,35H,4-8,10-11,18-19,21H2,1-3H3,(H,36,37,38,39). The fraction of sp³-hybridized carbons (Fsp3) is 0.441. The van der Waals surface area contributed by atoms with Gasteiger partial charge in [-0.1, -0.05) is 36.8 Å². The number of nitrogens with zero attached hydrogens (tertiary/aromatic N) is 5. The Kier molecular flexibility index (Phi) is 10.0. The minimum atomic E-state index is -0.723. The van der Waals surface area contributed by atoms with Crippen LogP contribution in [0.3, 0.4) is 0 Å². The minimum absolute atomic E-state index is 0.0855. The second-order valence-electron chi connectivity index (χ2n) is 11.6. The lowest BCUT2D eigenvalue weighted by atomic mass is 9.98. The predicted molar refractivity (Wildman–Crippen MR) is 175 cm³/mol. The van der Waals surface area contributed by atoms with Gasteiger partial charge in [-0.2, -0.15) is 0 Å². The van der Waals surface area contributed by atoms with E-state index in [2.05, 4.69) is 74.7 Å². The highest BCUT2D eigenvalue weighted by Gasteiger charge is 2.34. The number of H-pyrrole nitrogens is 1. The molecule has 1 aliphatic carbocycles. The maximum Gasteiger partial charge on any atom is 0.508 e. The number of para-hydroxylation sites is 1. The van der Waals surface area contributed by atoms with Crippen LogP contribution < -0.4 is 10.2 Å². The average Bonchev–Trinajstić information content (AvgIpc) is 3.82. The monoisotopic (exact) mass is 643 g/mol. The maximum atomic E-state index is 13.3. The van der Waals surface area contributed by atoms with Crippen LogP contribution in [0.25, 0.3) is 22.6 Å². The SMILES string of the molecule is CCOC1Nc2cccc(C(=O)OCCOC(=O)OC3CCCCC3)c2N1Cc1ccc(-c2c(-c3nnn[nH]3)cc(C)n2CC)cc1. The Balaban J connectivity index is 1.16. The average molecular weight is 644 g/mol. The number of carbonyl (C=O) groups excluding carboxylic acids is 2. The van der Waals surface area contributed by atoms with Crippen LogP contribution in [0.2, 0.25) is 0 Å². The van der Waals surface area contributed by atoms with Crippen molar-refractivity contribution >= 4 is 23.5 Å². The van der Waals surface area contributed by atoms with Gasteiger partial charge in [0.15, 0.2) is 5.82 Å². The molecule has 248 valence electrons. The van der Waals surface area contributed by atoms with Crippen LogP contribution in [0.1, 0.15) is 67.6 Å². The minimum Gasteiger partial charge on any atom is -0.458 e. The van der Waals surface area contributed by atoms with Gasteiger partial charge >= 0.3 is 12.1 Å². The summed E-state index contributed by atoms with van der Waals surface area (Å²) in [6.45, 7) is 7.68. The fourth-order valence-corrected chi connectivity index (χ4v) is 6.42. The van der Waals surface area contributed by atoms with E-state index in [4.69, 9.17) is 18.9 Å². The van der Waals surface area contributed by atoms with Crippen LogP contribution in [0, 0.1) is 6.92 Å². The number of aromatic nitrogens is 5. The number of aromatic amines is 1. The first kappa shape index (κ1) is 32.0. The predicted octanol–water partition coefficient (Wildman–Crippen LogP) is 6.06. The number of benzene rings is 2. The molecular weight excluding hydrogens is 602 g/mol. The van der Waals surface area contributed by atoms with E-state index in [1.807, 2.05) is 17.9 Å². The van der Waals surface area contributed by atoms with Crippen molar-refractivity contribution in [3.8, 4) is 22.6 Å².